The van der Waals surface area contributed by atoms with Crippen LogP contribution in [0.2, 0.25) is 5.02 Å². The first-order chi connectivity index (χ1) is 11.1. The van der Waals surface area contributed by atoms with Crippen molar-refractivity contribution >= 4 is 28.4 Å². The molecule has 1 amide bonds. The van der Waals surface area contributed by atoms with Gasteiger partial charge in [-0.3, -0.25) is 4.79 Å². The van der Waals surface area contributed by atoms with Crippen molar-refractivity contribution in [3.63, 3.8) is 0 Å². The van der Waals surface area contributed by atoms with E-state index in [2.05, 4.69) is 16.4 Å². The minimum Gasteiger partial charge on any atom is -0.351 e. The molecule has 23 heavy (non-hydrogen) atoms. The van der Waals surface area contributed by atoms with Gasteiger partial charge in [-0.15, -0.1) is 0 Å². The van der Waals surface area contributed by atoms with E-state index in [0.29, 0.717) is 10.7 Å². The molecule has 0 unspecified atom stereocenters. The zero-order valence-corrected chi connectivity index (χ0v) is 13.1. The molecule has 1 heterocycles. The molecule has 0 spiro atoms. The third kappa shape index (κ3) is 2.50. The van der Waals surface area contributed by atoms with Gasteiger partial charge in [0.15, 0.2) is 0 Å². The molecular weight excluding hydrogens is 310 g/mol. The smallest absolute Gasteiger partial charge is 0.268 e. The second-order valence-electron chi connectivity index (χ2n) is 5.92. The molecule has 116 valence electrons. The van der Waals surface area contributed by atoms with E-state index in [1.165, 1.54) is 5.56 Å². The third-order valence-electron chi connectivity index (χ3n) is 4.43. The Bertz CT molecular complexity index is 902. The van der Waals surface area contributed by atoms with E-state index >= 15 is 0 Å². The van der Waals surface area contributed by atoms with Crippen molar-refractivity contribution in [3.05, 3.63) is 70.4 Å². The number of benzene rings is 2. The molecule has 4 N–H and O–H groups in total. The maximum atomic E-state index is 12.5. The fourth-order valence-corrected chi connectivity index (χ4v) is 3.42. The van der Waals surface area contributed by atoms with Gasteiger partial charge in [-0.2, -0.15) is 0 Å². The maximum absolute atomic E-state index is 12.5. The van der Waals surface area contributed by atoms with Gasteiger partial charge < -0.3 is 16.0 Å². The third-order valence-corrected chi connectivity index (χ3v) is 4.67. The van der Waals surface area contributed by atoms with Crippen LogP contribution in [0.5, 0.6) is 0 Å². The minimum absolute atomic E-state index is 0.0881. The first kappa shape index (κ1) is 14.3. The zero-order valence-electron chi connectivity index (χ0n) is 12.3. The summed E-state index contributed by atoms with van der Waals surface area (Å²) in [7, 11) is 0. The van der Waals surface area contributed by atoms with Gasteiger partial charge >= 0.3 is 0 Å². The van der Waals surface area contributed by atoms with Crippen LogP contribution < -0.4 is 11.1 Å². The quantitative estimate of drug-likeness (QED) is 0.677. The molecule has 2 atom stereocenters. The Morgan fingerprint density at radius 3 is 2.87 bits per heavy atom. The summed E-state index contributed by atoms with van der Waals surface area (Å²) in [4.78, 5) is 15.6. The lowest BCUT2D eigenvalue weighted by Crippen LogP contribution is -2.40. The van der Waals surface area contributed by atoms with Crippen LogP contribution in [0.1, 0.15) is 27.7 Å². The molecule has 0 fully saturated rings. The summed E-state index contributed by atoms with van der Waals surface area (Å²) in [5, 5.41) is 4.61. The Labute approximate surface area is 138 Å². The Hall–Kier alpha value is -2.30. The van der Waals surface area contributed by atoms with Crippen LogP contribution in [-0.2, 0) is 6.42 Å². The minimum atomic E-state index is -0.172. The number of hydrogen-bond acceptors (Lipinski definition) is 2. The van der Waals surface area contributed by atoms with E-state index in [0.717, 1.165) is 22.9 Å². The summed E-state index contributed by atoms with van der Waals surface area (Å²) in [5.74, 6) is -0.148. The Kier molecular flexibility index (Phi) is 3.36. The normalized spacial score (nSPS) is 19.7. The van der Waals surface area contributed by atoms with Gasteiger partial charge in [0.1, 0.15) is 5.69 Å². The van der Waals surface area contributed by atoms with Crippen molar-refractivity contribution in [1.82, 2.24) is 10.3 Å². The van der Waals surface area contributed by atoms with Crippen LogP contribution in [0.15, 0.2) is 48.5 Å². The lowest BCUT2D eigenvalue weighted by molar-refractivity contribution is 0.0929. The predicted molar refractivity (Wildman–Crippen MR) is 91.6 cm³/mol. The number of nitrogens with two attached hydrogens (primary N) is 1. The van der Waals surface area contributed by atoms with Crippen LogP contribution in [-0.4, -0.2) is 16.9 Å². The van der Waals surface area contributed by atoms with E-state index in [1.807, 2.05) is 36.4 Å². The van der Waals surface area contributed by atoms with Gasteiger partial charge in [-0.25, -0.2) is 0 Å². The average molecular weight is 326 g/mol. The van der Waals surface area contributed by atoms with Crippen LogP contribution in [0, 0.1) is 0 Å². The summed E-state index contributed by atoms with van der Waals surface area (Å²) in [6.07, 6.45) is 0.759. The molecule has 1 aromatic heterocycles. The summed E-state index contributed by atoms with van der Waals surface area (Å²) in [6.45, 7) is 0. The SMILES string of the molecule is N[C@H]1c2ccccc2C[C@@H]1NC(=O)c1cc2cc(Cl)ccc2[nH]1. The van der Waals surface area contributed by atoms with Crippen LogP contribution in [0.25, 0.3) is 10.9 Å². The second kappa shape index (κ2) is 5.41. The number of aromatic amines is 1. The number of nitrogens with one attached hydrogen (secondary N) is 2. The number of halogens is 1. The van der Waals surface area contributed by atoms with Crippen molar-refractivity contribution in [3.8, 4) is 0 Å². The molecule has 0 radical (unpaired) electrons. The highest BCUT2D eigenvalue weighted by molar-refractivity contribution is 6.31. The number of carbonyl (C=O) groups excluding carboxylic acids is 1. The topological polar surface area (TPSA) is 70.9 Å². The first-order valence-corrected chi connectivity index (χ1v) is 7.92. The average Bonchev–Trinajstić information content (AvgIpc) is 3.09. The molecular formula is C18H16ClN3O. The van der Waals surface area contributed by atoms with E-state index in [9.17, 15) is 4.79 Å². The zero-order chi connectivity index (χ0) is 16.0. The lowest BCUT2D eigenvalue weighted by Gasteiger charge is -2.17. The first-order valence-electron chi connectivity index (χ1n) is 7.54. The highest BCUT2D eigenvalue weighted by Crippen LogP contribution is 2.29. The number of carbonyl (C=O) groups is 1. The van der Waals surface area contributed by atoms with Crippen LogP contribution in [0.4, 0.5) is 0 Å². The molecule has 1 aliphatic carbocycles. The van der Waals surface area contributed by atoms with Gasteiger partial charge in [-0.05, 0) is 41.8 Å². The van der Waals surface area contributed by atoms with Crippen molar-refractivity contribution in [2.75, 3.05) is 0 Å². The van der Waals surface area contributed by atoms with Crippen molar-refractivity contribution in [1.29, 1.82) is 0 Å². The van der Waals surface area contributed by atoms with E-state index in [1.54, 1.807) is 6.07 Å². The van der Waals surface area contributed by atoms with Gasteiger partial charge in [0, 0.05) is 15.9 Å². The molecule has 2 aromatic carbocycles. The molecule has 0 saturated heterocycles. The molecule has 0 aliphatic heterocycles. The highest BCUT2D eigenvalue weighted by atomic mass is 35.5. The number of fused-ring (bicyclic) bond motifs is 2. The Balaban J connectivity index is 1.56. The van der Waals surface area contributed by atoms with Gasteiger partial charge in [-0.1, -0.05) is 35.9 Å². The number of rotatable bonds is 2. The fraction of sp³-hybridized carbons (Fsp3) is 0.167. The summed E-state index contributed by atoms with van der Waals surface area (Å²) < 4.78 is 0. The largest absolute Gasteiger partial charge is 0.351 e. The van der Waals surface area contributed by atoms with Crippen molar-refractivity contribution in [2.45, 2.75) is 18.5 Å². The van der Waals surface area contributed by atoms with Crippen LogP contribution in [0.3, 0.4) is 0 Å². The summed E-state index contributed by atoms with van der Waals surface area (Å²) >= 11 is 5.98. The van der Waals surface area contributed by atoms with E-state index in [4.69, 9.17) is 17.3 Å². The van der Waals surface area contributed by atoms with E-state index < -0.39 is 0 Å². The Morgan fingerprint density at radius 1 is 1.22 bits per heavy atom. The molecule has 0 bridgehead atoms. The van der Waals surface area contributed by atoms with Gasteiger partial charge in [0.2, 0.25) is 0 Å². The molecule has 3 aromatic rings. The molecule has 5 heteroatoms. The summed E-state index contributed by atoms with van der Waals surface area (Å²) in [6, 6.07) is 15.1. The van der Waals surface area contributed by atoms with E-state index in [-0.39, 0.29) is 18.0 Å². The number of H-pyrrole nitrogens is 1. The molecule has 1 aliphatic rings. The number of aromatic nitrogens is 1. The van der Waals surface area contributed by atoms with Gasteiger partial charge in [0.05, 0.1) is 12.1 Å². The molecule has 0 saturated carbocycles. The molecule has 4 rings (SSSR count). The lowest BCUT2D eigenvalue weighted by atomic mass is 10.1. The predicted octanol–water partition coefficient (Wildman–Crippen LogP) is 3.18. The monoisotopic (exact) mass is 325 g/mol. The van der Waals surface area contributed by atoms with Crippen LogP contribution >= 0.6 is 11.6 Å². The maximum Gasteiger partial charge on any atom is 0.268 e. The highest BCUT2D eigenvalue weighted by Gasteiger charge is 2.30. The summed E-state index contributed by atoms with van der Waals surface area (Å²) in [5.41, 5.74) is 9.99. The van der Waals surface area contributed by atoms with Crippen molar-refractivity contribution < 1.29 is 4.79 Å². The Morgan fingerprint density at radius 2 is 2.04 bits per heavy atom. The second-order valence-corrected chi connectivity index (χ2v) is 6.36. The van der Waals surface area contributed by atoms with Crippen molar-refractivity contribution in [2.24, 2.45) is 5.73 Å². The standard InChI is InChI=1S/C18H16ClN3O/c19-12-5-6-14-11(7-12)9-16(21-14)18(23)22-15-8-10-3-1-2-4-13(10)17(15)20/h1-7,9,15,17,21H,8,20H2,(H,22,23)/t15-,17-/m0/s1. The van der Waals surface area contributed by atoms with Gasteiger partial charge in [0.25, 0.3) is 5.91 Å². The number of hydrogen-bond donors (Lipinski definition) is 3. The number of amides is 1. The fourth-order valence-electron chi connectivity index (χ4n) is 3.24. The molecule has 4 nitrogen and oxygen atoms in total.